The topological polar surface area (TPSA) is 65.4 Å². The third kappa shape index (κ3) is 5.04. The first-order valence-electron chi connectivity index (χ1n) is 9.35. The molecule has 1 amide bonds. The molecule has 0 radical (unpaired) electrons. The summed E-state index contributed by atoms with van der Waals surface area (Å²) in [5.74, 6) is 2.30. The van der Waals surface area contributed by atoms with Gasteiger partial charge in [-0.2, -0.15) is 0 Å². The molecule has 6 nitrogen and oxygen atoms in total. The van der Waals surface area contributed by atoms with Crippen molar-refractivity contribution in [1.29, 1.82) is 0 Å². The first-order valence-corrected chi connectivity index (χ1v) is 9.35. The summed E-state index contributed by atoms with van der Waals surface area (Å²) in [4.78, 5) is 15.7. The van der Waals surface area contributed by atoms with Crippen LogP contribution in [0.2, 0.25) is 0 Å². The maximum Gasteiger partial charge on any atom is 0.216 e. The minimum Gasteiger partial charge on any atom is -0.497 e. The summed E-state index contributed by atoms with van der Waals surface area (Å²) >= 11 is 0. The van der Waals surface area contributed by atoms with Crippen molar-refractivity contribution in [2.45, 2.75) is 13.8 Å². The van der Waals surface area contributed by atoms with Crippen molar-refractivity contribution in [1.82, 2.24) is 14.9 Å². The van der Waals surface area contributed by atoms with Crippen molar-refractivity contribution < 1.29 is 14.3 Å². The number of carbonyl (C=O) groups is 1. The van der Waals surface area contributed by atoms with Crippen LogP contribution >= 0.6 is 0 Å². The molecule has 0 saturated heterocycles. The average molecular weight is 391 g/mol. The number of imidazole rings is 1. The monoisotopic (exact) mass is 391 g/mol. The average Bonchev–Trinajstić information content (AvgIpc) is 3.17. The fourth-order valence-electron chi connectivity index (χ4n) is 2.83. The molecule has 1 aromatic heterocycles. The van der Waals surface area contributed by atoms with Crippen molar-refractivity contribution >= 4 is 11.5 Å². The van der Waals surface area contributed by atoms with E-state index in [0.29, 0.717) is 13.2 Å². The number of aromatic nitrogens is 2. The van der Waals surface area contributed by atoms with Gasteiger partial charge in [-0.25, -0.2) is 4.98 Å². The minimum absolute atomic E-state index is 0.0663. The Hall–Kier alpha value is -3.54. The van der Waals surface area contributed by atoms with Crippen molar-refractivity contribution in [3.63, 3.8) is 0 Å². The fourth-order valence-corrected chi connectivity index (χ4v) is 2.83. The zero-order chi connectivity index (χ0) is 20.8. The minimum atomic E-state index is -0.0663. The molecule has 1 heterocycles. The fraction of sp³-hybridized carbons (Fsp3) is 0.217. The van der Waals surface area contributed by atoms with E-state index in [1.54, 1.807) is 7.11 Å². The number of hydrogen-bond donors (Lipinski definition) is 1. The van der Waals surface area contributed by atoms with E-state index in [0.717, 1.165) is 39.8 Å². The number of carbonyl (C=O) groups excluding carboxylic acids is 1. The molecular weight excluding hydrogens is 366 g/mol. The number of rotatable bonds is 8. The van der Waals surface area contributed by atoms with Crippen LogP contribution in [0.4, 0.5) is 0 Å². The Kier molecular flexibility index (Phi) is 6.34. The summed E-state index contributed by atoms with van der Waals surface area (Å²) in [5.41, 5.74) is 3.68. The molecule has 0 atom stereocenters. The van der Waals surface area contributed by atoms with Gasteiger partial charge in [-0.05, 0) is 61.0 Å². The molecular formula is C23H25N3O3. The van der Waals surface area contributed by atoms with Crippen LogP contribution in [-0.2, 0) is 4.79 Å². The van der Waals surface area contributed by atoms with Gasteiger partial charge in [0.15, 0.2) is 0 Å². The summed E-state index contributed by atoms with van der Waals surface area (Å²) in [7, 11) is 1.65. The van der Waals surface area contributed by atoms with Crippen LogP contribution in [0, 0.1) is 0 Å². The van der Waals surface area contributed by atoms with E-state index in [-0.39, 0.29) is 5.91 Å². The highest BCUT2D eigenvalue weighted by molar-refractivity contribution is 5.72. The maximum atomic E-state index is 10.9. The predicted molar refractivity (Wildman–Crippen MR) is 114 cm³/mol. The van der Waals surface area contributed by atoms with Gasteiger partial charge in [-0.1, -0.05) is 6.58 Å². The van der Waals surface area contributed by atoms with Gasteiger partial charge < -0.3 is 14.8 Å². The van der Waals surface area contributed by atoms with Gasteiger partial charge in [0.1, 0.15) is 23.9 Å². The van der Waals surface area contributed by atoms with E-state index in [4.69, 9.17) is 14.5 Å². The van der Waals surface area contributed by atoms with Crippen LogP contribution in [0.3, 0.4) is 0 Å². The van der Waals surface area contributed by atoms with E-state index in [9.17, 15) is 4.79 Å². The number of amides is 1. The normalized spacial score (nSPS) is 10.4. The smallest absolute Gasteiger partial charge is 0.216 e. The molecule has 29 heavy (non-hydrogen) atoms. The molecule has 0 unspecified atom stereocenters. The Bertz CT molecular complexity index is 989. The van der Waals surface area contributed by atoms with E-state index in [2.05, 4.69) is 11.9 Å². The molecule has 1 N–H and O–H groups in total. The Balaban J connectivity index is 1.85. The Morgan fingerprint density at radius 2 is 1.72 bits per heavy atom. The number of methoxy groups -OCH3 is 1. The number of benzene rings is 2. The molecule has 3 rings (SSSR count). The number of nitrogens with zero attached hydrogens (tertiary/aromatic N) is 2. The standard InChI is InChI=1S/C23H25N3O3/c1-16(2)22-15-26(23(25-22)18-5-9-20(28-4)10-6-18)19-7-11-21(12-8-19)29-14-13-24-17(3)27/h5-12,15H,1,13-14H2,2-4H3,(H,24,27). The Morgan fingerprint density at radius 1 is 1.07 bits per heavy atom. The third-order valence-corrected chi connectivity index (χ3v) is 4.35. The van der Waals surface area contributed by atoms with E-state index in [1.165, 1.54) is 6.92 Å². The highest BCUT2D eigenvalue weighted by atomic mass is 16.5. The summed E-state index contributed by atoms with van der Waals surface area (Å²) in [6.45, 7) is 8.34. The van der Waals surface area contributed by atoms with Crippen LogP contribution in [-0.4, -0.2) is 35.7 Å². The second kappa shape index (κ2) is 9.10. The molecule has 0 aliphatic carbocycles. The lowest BCUT2D eigenvalue weighted by atomic mass is 10.2. The second-order valence-corrected chi connectivity index (χ2v) is 6.65. The van der Waals surface area contributed by atoms with Gasteiger partial charge >= 0.3 is 0 Å². The molecule has 6 heteroatoms. The van der Waals surface area contributed by atoms with Crippen LogP contribution in [0.1, 0.15) is 19.5 Å². The summed E-state index contributed by atoms with van der Waals surface area (Å²) in [5, 5.41) is 2.71. The highest BCUT2D eigenvalue weighted by Gasteiger charge is 2.13. The van der Waals surface area contributed by atoms with Crippen molar-refractivity contribution in [3.8, 4) is 28.6 Å². The maximum absolute atomic E-state index is 10.9. The molecule has 0 saturated carbocycles. The lowest BCUT2D eigenvalue weighted by Crippen LogP contribution is -2.25. The molecule has 0 spiro atoms. The number of ether oxygens (including phenoxy) is 2. The number of nitrogens with one attached hydrogen (secondary N) is 1. The van der Waals surface area contributed by atoms with E-state index < -0.39 is 0 Å². The lowest BCUT2D eigenvalue weighted by Gasteiger charge is -2.10. The molecule has 0 bridgehead atoms. The Labute approximate surface area is 170 Å². The van der Waals surface area contributed by atoms with Gasteiger partial charge in [0.2, 0.25) is 5.91 Å². The SMILES string of the molecule is C=C(C)c1cn(-c2ccc(OCCNC(C)=O)cc2)c(-c2ccc(OC)cc2)n1. The van der Waals surface area contributed by atoms with Crippen LogP contribution in [0.25, 0.3) is 22.6 Å². The van der Waals surface area contributed by atoms with E-state index >= 15 is 0 Å². The highest BCUT2D eigenvalue weighted by Crippen LogP contribution is 2.27. The van der Waals surface area contributed by atoms with Crippen LogP contribution < -0.4 is 14.8 Å². The van der Waals surface area contributed by atoms with E-state index in [1.807, 2.05) is 66.2 Å². The summed E-state index contributed by atoms with van der Waals surface area (Å²) < 4.78 is 12.9. The summed E-state index contributed by atoms with van der Waals surface area (Å²) in [6, 6.07) is 15.6. The first kappa shape index (κ1) is 20.2. The number of allylic oxidation sites excluding steroid dienone is 1. The van der Waals surface area contributed by atoms with Crippen LogP contribution in [0.15, 0.2) is 61.3 Å². The lowest BCUT2D eigenvalue weighted by molar-refractivity contribution is -0.119. The third-order valence-electron chi connectivity index (χ3n) is 4.35. The molecule has 0 fully saturated rings. The van der Waals surface area contributed by atoms with Gasteiger partial charge in [-0.3, -0.25) is 9.36 Å². The molecule has 150 valence electrons. The zero-order valence-corrected chi connectivity index (χ0v) is 16.9. The molecule has 0 aliphatic rings. The van der Waals surface area contributed by atoms with Gasteiger partial charge in [0, 0.05) is 24.4 Å². The summed E-state index contributed by atoms with van der Waals surface area (Å²) in [6.07, 6.45) is 1.98. The van der Waals surface area contributed by atoms with Crippen LogP contribution in [0.5, 0.6) is 11.5 Å². The Morgan fingerprint density at radius 3 is 2.31 bits per heavy atom. The van der Waals surface area contributed by atoms with Gasteiger partial charge in [0.25, 0.3) is 0 Å². The van der Waals surface area contributed by atoms with Gasteiger partial charge in [-0.15, -0.1) is 0 Å². The second-order valence-electron chi connectivity index (χ2n) is 6.65. The molecule has 3 aromatic rings. The molecule has 0 aliphatic heterocycles. The van der Waals surface area contributed by atoms with Crippen molar-refractivity contribution in [3.05, 3.63) is 67.0 Å². The predicted octanol–water partition coefficient (Wildman–Crippen LogP) is 4.10. The van der Waals surface area contributed by atoms with Crippen molar-refractivity contribution in [2.75, 3.05) is 20.3 Å². The molecule has 2 aromatic carbocycles. The first-order chi connectivity index (χ1) is 14.0. The zero-order valence-electron chi connectivity index (χ0n) is 16.9. The quantitative estimate of drug-likeness (QED) is 0.587. The van der Waals surface area contributed by atoms with Gasteiger partial charge in [0.05, 0.1) is 19.3 Å². The van der Waals surface area contributed by atoms with Crippen molar-refractivity contribution in [2.24, 2.45) is 0 Å². The number of hydrogen-bond acceptors (Lipinski definition) is 4. The largest absolute Gasteiger partial charge is 0.497 e.